The van der Waals surface area contributed by atoms with Crippen molar-refractivity contribution in [2.24, 2.45) is 5.73 Å². The lowest BCUT2D eigenvalue weighted by molar-refractivity contribution is 0.0736. The van der Waals surface area contributed by atoms with Crippen molar-refractivity contribution in [3.8, 4) is 0 Å². The van der Waals surface area contributed by atoms with E-state index in [1.165, 1.54) is 0 Å². The van der Waals surface area contributed by atoms with Crippen LogP contribution in [-0.2, 0) is 26.0 Å². The van der Waals surface area contributed by atoms with Gasteiger partial charge in [0, 0.05) is 20.2 Å². The standard InChI is InChI=1S/C12H24N4O4S/c1-10-12(11(2)16(15-10)6-4-13)21(17,18)14-5-7-20-9-8-19-3/h14H,4-9,13H2,1-3H3. The third kappa shape index (κ3) is 5.04. The second kappa shape index (κ2) is 8.44. The Kier molecular flexibility index (Phi) is 7.26. The van der Waals surface area contributed by atoms with E-state index in [9.17, 15) is 8.42 Å². The Bertz CT molecular complexity index is 542. The number of aryl methyl sites for hydroxylation is 1. The molecule has 21 heavy (non-hydrogen) atoms. The zero-order valence-corrected chi connectivity index (χ0v) is 13.6. The van der Waals surface area contributed by atoms with E-state index in [-0.39, 0.29) is 18.0 Å². The van der Waals surface area contributed by atoms with Gasteiger partial charge in [-0.1, -0.05) is 0 Å². The van der Waals surface area contributed by atoms with Crippen LogP contribution in [0.15, 0.2) is 4.90 Å². The topological polar surface area (TPSA) is 108 Å². The summed E-state index contributed by atoms with van der Waals surface area (Å²) < 4.78 is 38.8. The quantitative estimate of drug-likeness (QED) is 0.557. The van der Waals surface area contributed by atoms with E-state index in [4.69, 9.17) is 15.2 Å². The summed E-state index contributed by atoms with van der Waals surface area (Å²) in [5.41, 5.74) is 6.54. The summed E-state index contributed by atoms with van der Waals surface area (Å²) in [7, 11) is -2.02. The number of ether oxygens (including phenoxy) is 2. The largest absolute Gasteiger partial charge is 0.382 e. The number of rotatable bonds is 10. The summed E-state index contributed by atoms with van der Waals surface area (Å²) in [5, 5.41) is 4.20. The molecule has 0 saturated carbocycles. The predicted octanol–water partition coefficient (Wildman–Crippen LogP) is -0.600. The molecule has 0 saturated heterocycles. The van der Waals surface area contributed by atoms with Crippen molar-refractivity contribution >= 4 is 10.0 Å². The first-order valence-corrected chi connectivity index (χ1v) is 8.22. The number of methoxy groups -OCH3 is 1. The van der Waals surface area contributed by atoms with Crippen molar-refractivity contribution in [2.75, 3.05) is 40.0 Å². The van der Waals surface area contributed by atoms with E-state index in [0.29, 0.717) is 37.7 Å². The molecule has 0 radical (unpaired) electrons. The van der Waals surface area contributed by atoms with Crippen LogP contribution in [0.25, 0.3) is 0 Å². The third-order valence-corrected chi connectivity index (χ3v) is 4.61. The molecule has 0 unspecified atom stereocenters. The monoisotopic (exact) mass is 320 g/mol. The lowest BCUT2D eigenvalue weighted by Gasteiger charge is -2.08. The fraction of sp³-hybridized carbons (Fsp3) is 0.750. The highest BCUT2D eigenvalue weighted by atomic mass is 32.2. The second-order valence-electron chi connectivity index (χ2n) is 4.51. The first-order chi connectivity index (χ1) is 9.94. The molecule has 3 N–H and O–H groups in total. The Morgan fingerprint density at radius 3 is 2.62 bits per heavy atom. The number of hydrogen-bond donors (Lipinski definition) is 2. The van der Waals surface area contributed by atoms with E-state index in [1.54, 1.807) is 25.6 Å². The first kappa shape index (κ1) is 18.1. The number of aromatic nitrogens is 2. The maximum absolute atomic E-state index is 12.3. The van der Waals surface area contributed by atoms with Crippen LogP contribution < -0.4 is 10.5 Å². The highest BCUT2D eigenvalue weighted by Crippen LogP contribution is 2.18. The van der Waals surface area contributed by atoms with Gasteiger partial charge in [-0.15, -0.1) is 0 Å². The van der Waals surface area contributed by atoms with Gasteiger partial charge in [0.2, 0.25) is 10.0 Å². The zero-order valence-electron chi connectivity index (χ0n) is 12.8. The Balaban J connectivity index is 2.66. The van der Waals surface area contributed by atoms with Crippen molar-refractivity contribution < 1.29 is 17.9 Å². The van der Waals surface area contributed by atoms with Gasteiger partial charge >= 0.3 is 0 Å². The van der Waals surface area contributed by atoms with Crippen molar-refractivity contribution in [1.29, 1.82) is 0 Å². The van der Waals surface area contributed by atoms with E-state index in [0.717, 1.165) is 0 Å². The maximum atomic E-state index is 12.3. The summed E-state index contributed by atoms with van der Waals surface area (Å²) in [4.78, 5) is 0.216. The highest BCUT2D eigenvalue weighted by molar-refractivity contribution is 7.89. The normalized spacial score (nSPS) is 12.0. The molecule has 0 aliphatic carbocycles. The van der Waals surface area contributed by atoms with E-state index in [2.05, 4.69) is 9.82 Å². The van der Waals surface area contributed by atoms with Crippen LogP contribution in [0.3, 0.4) is 0 Å². The highest BCUT2D eigenvalue weighted by Gasteiger charge is 2.23. The maximum Gasteiger partial charge on any atom is 0.244 e. The summed E-state index contributed by atoms with van der Waals surface area (Å²) in [6.07, 6.45) is 0. The van der Waals surface area contributed by atoms with Crippen molar-refractivity contribution in [3.05, 3.63) is 11.4 Å². The van der Waals surface area contributed by atoms with Gasteiger partial charge in [-0.3, -0.25) is 4.68 Å². The lowest BCUT2D eigenvalue weighted by atomic mass is 10.4. The minimum Gasteiger partial charge on any atom is -0.382 e. The van der Waals surface area contributed by atoms with Crippen LogP contribution in [0.1, 0.15) is 11.4 Å². The molecule has 0 bridgehead atoms. The molecule has 122 valence electrons. The van der Waals surface area contributed by atoms with Crippen LogP contribution in [0, 0.1) is 13.8 Å². The molecule has 9 heteroatoms. The van der Waals surface area contributed by atoms with Gasteiger partial charge in [-0.05, 0) is 13.8 Å². The summed E-state index contributed by atoms with van der Waals surface area (Å²) in [6, 6.07) is 0. The van der Waals surface area contributed by atoms with E-state index in [1.807, 2.05) is 0 Å². The predicted molar refractivity (Wildman–Crippen MR) is 78.6 cm³/mol. The molecule has 0 atom stereocenters. The fourth-order valence-electron chi connectivity index (χ4n) is 1.97. The molecule has 1 heterocycles. The van der Waals surface area contributed by atoms with Gasteiger partial charge in [0.25, 0.3) is 0 Å². The fourth-order valence-corrected chi connectivity index (χ4v) is 3.39. The van der Waals surface area contributed by atoms with Crippen LogP contribution in [0.5, 0.6) is 0 Å². The van der Waals surface area contributed by atoms with Gasteiger partial charge in [0.15, 0.2) is 0 Å². The van der Waals surface area contributed by atoms with Crippen LogP contribution in [0.4, 0.5) is 0 Å². The Hall–Kier alpha value is -1.00. The summed E-state index contributed by atoms with van der Waals surface area (Å²) in [6.45, 7) is 5.69. The average Bonchev–Trinajstić information content (AvgIpc) is 2.69. The van der Waals surface area contributed by atoms with Crippen LogP contribution >= 0.6 is 0 Å². The number of hydrogen-bond acceptors (Lipinski definition) is 6. The van der Waals surface area contributed by atoms with Gasteiger partial charge < -0.3 is 15.2 Å². The lowest BCUT2D eigenvalue weighted by Crippen LogP contribution is -2.28. The molecule has 8 nitrogen and oxygen atoms in total. The van der Waals surface area contributed by atoms with Gasteiger partial charge in [0.1, 0.15) is 4.90 Å². The molecule has 0 aromatic carbocycles. The molecule has 1 aromatic heterocycles. The minimum atomic E-state index is -3.60. The third-order valence-electron chi connectivity index (χ3n) is 2.90. The Morgan fingerprint density at radius 2 is 2.00 bits per heavy atom. The Labute approximate surface area is 125 Å². The Morgan fingerprint density at radius 1 is 1.29 bits per heavy atom. The van der Waals surface area contributed by atoms with Crippen LogP contribution in [0.2, 0.25) is 0 Å². The van der Waals surface area contributed by atoms with E-state index < -0.39 is 10.0 Å². The van der Waals surface area contributed by atoms with E-state index >= 15 is 0 Å². The molecule has 0 aliphatic rings. The SMILES string of the molecule is COCCOCCNS(=O)(=O)c1c(C)nn(CCN)c1C. The summed E-state index contributed by atoms with van der Waals surface area (Å²) in [5.74, 6) is 0. The number of nitrogens with one attached hydrogen (secondary N) is 1. The molecule has 0 fully saturated rings. The molecule has 1 rings (SSSR count). The molecule has 0 amide bonds. The number of sulfonamides is 1. The molecule has 1 aromatic rings. The summed E-state index contributed by atoms with van der Waals surface area (Å²) >= 11 is 0. The van der Waals surface area contributed by atoms with Gasteiger partial charge in [-0.2, -0.15) is 5.10 Å². The molecule has 0 spiro atoms. The molecular formula is C12H24N4O4S. The van der Waals surface area contributed by atoms with Crippen molar-refractivity contribution in [1.82, 2.24) is 14.5 Å². The first-order valence-electron chi connectivity index (χ1n) is 6.74. The molecular weight excluding hydrogens is 296 g/mol. The molecule has 0 aliphatic heterocycles. The van der Waals surface area contributed by atoms with Crippen molar-refractivity contribution in [2.45, 2.75) is 25.3 Å². The zero-order chi connectivity index (χ0) is 15.9. The van der Waals surface area contributed by atoms with Gasteiger partial charge in [0.05, 0.1) is 37.8 Å². The van der Waals surface area contributed by atoms with Crippen LogP contribution in [-0.4, -0.2) is 58.2 Å². The smallest absolute Gasteiger partial charge is 0.244 e. The second-order valence-corrected chi connectivity index (χ2v) is 6.22. The van der Waals surface area contributed by atoms with Crippen molar-refractivity contribution in [3.63, 3.8) is 0 Å². The average molecular weight is 320 g/mol. The number of nitrogens with zero attached hydrogens (tertiary/aromatic N) is 2. The minimum absolute atomic E-state index is 0.201. The van der Waals surface area contributed by atoms with Gasteiger partial charge in [-0.25, -0.2) is 13.1 Å². The number of nitrogens with two attached hydrogens (primary N) is 1.